The number of rotatable bonds is 5. The molecule has 0 aliphatic heterocycles. The van der Waals surface area contributed by atoms with E-state index in [4.69, 9.17) is 9.47 Å². The van der Waals surface area contributed by atoms with Gasteiger partial charge in [0, 0.05) is 23.2 Å². The summed E-state index contributed by atoms with van der Waals surface area (Å²) in [6.07, 6.45) is 0.813. The van der Waals surface area contributed by atoms with Crippen LogP contribution in [-0.4, -0.2) is 24.4 Å². The highest BCUT2D eigenvalue weighted by Gasteiger charge is 2.27. The first-order valence-corrected chi connectivity index (χ1v) is 8.80. The molecule has 5 nitrogen and oxygen atoms in total. The van der Waals surface area contributed by atoms with E-state index < -0.39 is 0 Å². The number of ether oxygens (including phenoxy) is 2. The number of H-pyrrole nitrogens is 1. The van der Waals surface area contributed by atoms with E-state index in [1.807, 2.05) is 12.1 Å². The molecule has 134 valence electrons. The molecule has 1 aliphatic rings. The number of fused-ring (bicyclic) bond motifs is 3. The van der Waals surface area contributed by atoms with Crippen molar-refractivity contribution in [3.63, 3.8) is 0 Å². The van der Waals surface area contributed by atoms with Gasteiger partial charge >= 0.3 is 0 Å². The molecule has 4 rings (SSSR count). The predicted molar refractivity (Wildman–Crippen MR) is 104 cm³/mol. The first-order valence-electron chi connectivity index (χ1n) is 8.80. The summed E-state index contributed by atoms with van der Waals surface area (Å²) in [5.41, 5.74) is 6.85. The maximum atomic E-state index is 5.44. The van der Waals surface area contributed by atoms with Crippen LogP contribution in [0.2, 0.25) is 0 Å². The number of benzene rings is 2. The zero-order valence-electron chi connectivity index (χ0n) is 15.5. The largest absolute Gasteiger partial charge is 0.493 e. The molecule has 26 heavy (non-hydrogen) atoms. The second kappa shape index (κ2) is 6.41. The standard InChI is InChI=1S/C21H23N3O2/c1-12(2)14-7-5-6-8-17(14)22-21-16-9-13-10-18(25-3)19(26-4)11-15(13)20(16)23-24-21/h5-8,10-12H,9H2,1-4H3,(H2,22,23,24). The zero-order valence-corrected chi connectivity index (χ0v) is 15.5. The Hall–Kier alpha value is -2.95. The maximum Gasteiger partial charge on any atom is 0.161 e. The molecule has 2 N–H and O–H groups in total. The number of anilines is 2. The van der Waals surface area contributed by atoms with Crippen molar-refractivity contribution in [2.75, 3.05) is 19.5 Å². The van der Waals surface area contributed by atoms with Crippen LogP contribution in [0, 0.1) is 0 Å². The summed E-state index contributed by atoms with van der Waals surface area (Å²) in [4.78, 5) is 0. The first kappa shape index (κ1) is 16.5. The molecule has 0 bridgehead atoms. The highest BCUT2D eigenvalue weighted by atomic mass is 16.5. The molecule has 1 aromatic heterocycles. The summed E-state index contributed by atoms with van der Waals surface area (Å²) < 4.78 is 10.9. The lowest BCUT2D eigenvalue weighted by Crippen LogP contribution is -2.00. The minimum Gasteiger partial charge on any atom is -0.493 e. The van der Waals surface area contributed by atoms with Crippen molar-refractivity contribution in [2.24, 2.45) is 0 Å². The summed E-state index contributed by atoms with van der Waals surface area (Å²) in [6, 6.07) is 12.4. The third kappa shape index (κ3) is 2.60. The number of hydrogen-bond donors (Lipinski definition) is 2. The minimum absolute atomic E-state index is 0.445. The number of nitrogens with one attached hydrogen (secondary N) is 2. The van der Waals surface area contributed by atoms with Gasteiger partial charge in [-0.15, -0.1) is 0 Å². The molecule has 0 saturated heterocycles. The fourth-order valence-corrected chi connectivity index (χ4v) is 3.59. The van der Waals surface area contributed by atoms with Crippen molar-refractivity contribution in [3.8, 4) is 22.8 Å². The molecule has 0 atom stereocenters. The monoisotopic (exact) mass is 349 g/mol. The lowest BCUT2D eigenvalue weighted by atomic mass is 10.0. The molecule has 0 radical (unpaired) electrons. The van der Waals surface area contributed by atoms with E-state index in [1.54, 1.807) is 14.2 Å². The molecule has 1 heterocycles. The third-order valence-corrected chi connectivity index (χ3v) is 4.94. The topological polar surface area (TPSA) is 59.2 Å². The Morgan fingerprint density at radius 3 is 2.54 bits per heavy atom. The molecule has 0 fully saturated rings. The van der Waals surface area contributed by atoms with E-state index >= 15 is 0 Å². The van der Waals surface area contributed by atoms with Gasteiger partial charge in [-0.1, -0.05) is 32.0 Å². The molecule has 0 saturated carbocycles. The molecule has 0 spiro atoms. The van der Waals surface area contributed by atoms with E-state index in [0.717, 1.165) is 40.7 Å². The first-order chi connectivity index (χ1) is 12.6. The van der Waals surface area contributed by atoms with Gasteiger partial charge in [-0.2, -0.15) is 5.10 Å². The number of methoxy groups -OCH3 is 2. The Kier molecular flexibility index (Phi) is 4.07. The SMILES string of the molecule is COc1cc2c(cc1OC)-c1n[nH]c(Nc3ccccc3C(C)C)c1C2. The van der Waals surface area contributed by atoms with Crippen molar-refractivity contribution in [1.29, 1.82) is 0 Å². The second-order valence-corrected chi connectivity index (χ2v) is 6.83. The van der Waals surface area contributed by atoms with E-state index in [0.29, 0.717) is 5.92 Å². The molecule has 2 aromatic carbocycles. The fraction of sp³-hybridized carbons (Fsp3) is 0.286. The Balaban J connectivity index is 1.71. The van der Waals surface area contributed by atoms with Crippen LogP contribution in [0.15, 0.2) is 36.4 Å². The van der Waals surface area contributed by atoms with Crippen molar-refractivity contribution in [2.45, 2.75) is 26.2 Å². The molecular formula is C21H23N3O2. The van der Waals surface area contributed by atoms with Crippen LogP contribution in [0.5, 0.6) is 11.5 Å². The molecule has 0 unspecified atom stereocenters. The summed E-state index contributed by atoms with van der Waals surface area (Å²) in [5.74, 6) is 2.87. The van der Waals surface area contributed by atoms with Crippen LogP contribution >= 0.6 is 0 Å². The smallest absolute Gasteiger partial charge is 0.161 e. The second-order valence-electron chi connectivity index (χ2n) is 6.83. The van der Waals surface area contributed by atoms with Gasteiger partial charge in [-0.3, -0.25) is 5.10 Å². The fourth-order valence-electron chi connectivity index (χ4n) is 3.59. The minimum atomic E-state index is 0.445. The Bertz CT molecular complexity index is 960. The van der Waals surface area contributed by atoms with E-state index in [2.05, 4.69) is 53.6 Å². The number of hydrogen-bond acceptors (Lipinski definition) is 4. The average Bonchev–Trinajstić information content (AvgIpc) is 3.20. The van der Waals surface area contributed by atoms with E-state index in [9.17, 15) is 0 Å². The van der Waals surface area contributed by atoms with Crippen molar-refractivity contribution < 1.29 is 9.47 Å². The average molecular weight is 349 g/mol. The van der Waals surface area contributed by atoms with Gasteiger partial charge in [0.1, 0.15) is 5.82 Å². The van der Waals surface area contributed by atoms with Gasteiger partial charge in [0.25, 0.3) is 0 Å². The van der Waals surface area contributed by atoms with Gasteiger partial charge in [0.05, 0.1) is 19.9 Å². The zero-order chi connectivity index (χ0) is 18.3. The maximum absolute atomic E-state index is 5.44. The molecule has 1 aliphatic carbocycles. The van der Waals surface area contributed by atoms with Crippen molar-refractivity contribution in [1.82, 2.24) is 10.2 Å². The highest BCUT2D eigenvalue weighted by molar-refractivity contribution is 5.82. The summed E-state index contributed by atoms with van der Waals surface area (Å²) >= 11 is 0. The van der Waals surface area contributed by atoms with Crippen LogP contribution in [-0.2, 0) is 6.42 Å². The van der Waals surface area contributed by atoms with Gasteiger partial charge in [-0.25, -0.2) is 0 Å². The number of para-hydroxylation sites is 1. The summed E-state index contributed by atoms with van der Waals surface area (Å²) in [6.45, 7) is 4.40. The van der Waals surface area contributed by atoms with Crippen LogP contribution in [0.4, 0.5) is 11.5 Å². The number of aromatic nitrogens is 2. The van der Waals surface area contributed by atoms with Crippen LogP contribution in [0.1, 0.15) is 36.5 Å². The molecular weight excluding hydrogens is 326 g/mol. The summed E-state index contributed by atoms with van der Waals surface area (Å²) in [5, 5.41) is 11.3. The van der Waals surface area contributed by atoms with Gasteiger partial charge < -0.3 is 14.8 Å². The van der Waals surface area contributed by atoms with Crippen molar-refractivity contribution >= 4 is 11.5 Å². The Labute approximate surface area is 153 Å². The lowest BCUT2D eigenvalue weighted by Gasteiger charge is -2.14. The predicted octanol–water partition coefficient (Wildman–Crippen LogP) is 4.87. The van der Waals surface area contributed by atoms with Gasteiger partial charge in [0.2, 0.25) is 0 Å². The van der Waals surface area contributed by atoms with Crippen LogP contribution in [0.3, 0.4) is 0 Å². The van der Waals surface area contributed by atoms with Gasteiger partial charge in [-0.05, 0) is 35.2 Å². The number of nitrogens with zero attached hydrogens (tertiary/aromatic N) is 1. The molecule has 3 aromatic rings. The van der Waals surface area contributed by atoms with Crippen molar-refractivity contribution in [3.05, 3.63) is 53.1 Å². The number of aromatic amines is 1. The normalized spacial score (nSPS) is 12.0. The van der Waals surface area contributed by atoms with Crippen LogP contribution in [0.25, 0.3) is 11.3 Å². The Morgan fingerprint density at radius 1 is 1.08 bits per heavy atom. The van der Waals surface area contributed by atoms with Crippen LogP contribution < -0.4 is 14.8 Å². The highest BCUT2D eigenvalue weighted by Crippen LogP contribution is 2.44. The van der Waals surface area contributed by atoms with E-state index in [1.165, 1.54) is 16.7 Å². The lowest BCUT2D eigenvalue weighted by molar-refractivity contribution is 0.355. The summed E-state index contributed by atoms with van der Waals surface area (Å²) in [7, 11) is 3.31. The van der Waals surface area contributed by atoms with Gasteiger partial charge in [0.15, 0.2) is 11.5 Å². The molecule has 5 heteroatoms. The quantitative estimate of drug-likeness (QED) is 0.540. The Morgan fingerprint density at radius 2 is 1.81 bits per heavy atom. The van der Waals surface area contributed by atoms with E-state index in [-0.39, 0.29) is 0 Å². The molecule has 0 amide bonds. The third-order valence-electron chi connectivity index (χ3n) is 4.94.